The van der Waals surface area contributed by atoms with Crippen molar-refractivity contribution < 1.29 is 28.0 Å². The molecule has 11 heteroatoms. The van der Waals surface area contributed by atoms with Gasteiger partial charge in [-0.05, 0) is 0 Å². The van der Waals surface area contributed by atoms with Crippen LogP contribution in [-0.4, -0.2) is 26.7 Å². The number of carbonyl (C=O) groups is 2. The van der Waals surface area contributed by atoms with Crippen LogP contribution in [0.4, 0.5) is 0 Å². The zero-order valence-corrected chi connectivity index (χ0v) is 12.0. The van der Waals surface area contributed by atoms with Crippen LogP contribution < -0.4 is 20.7 Å². The number of hydrogen-bond donors (Lipinski definition) is 0. The summed E-state index contributed by atoms with van der Waals surface area (Å²) < 4.78 is 20.6. The summed E-state index contributed by atoms with van der Waals surface area (Å²) in [6.07, 6.45) is 1.70. The van der Waals surface area contributed by atoms with E-state index < -0.39 is 23.2 Å². The third-order valence-corrected chi connectivity index (χ3v) is 3.03. The number of pyridine rings is 1. The summed E-state index contributed by atoms with van der Waals surface area (Å²) >= 11 is 0. The first-order chi connectivity index (χ1) is 12.0. The average molecular weight is 343 g/mol. The van der Waals surface area contributed by atoms with Crippen LogP contribution >= 0.6 is 0 Å². The molecule has 4 rings (SSSR count). The van der Waals surface area contributed by atoms with Crippen molar-refractivity contribution in [2.45, 2.75) is 0 Å². The van der Waals surface area contributed by atoms with Crippen molar-refractivity contribution in [2.24, 2.45) is 0 Å². The SMILES string of the molecule is O=C1/C=C\C(=O)Oc2nc(cc3c2c2nn3oc(=O)ccc(=O)o2)O1. The van der Waals surface area contributed by atoms with E-state index in [1.807, 2.05) is 0 Å². The Labute approximate surface area is 135 Å². The van der Waals surface area contributed by atoms with E-state index in [4.69, 9.17) is 18.4 Å². The van der Waals surface area contributed by atoms with Crippen molar-refractivity contribution in [3.63, 3.8) is 0 Å². The molecule has 0 atom stereocenters. The number of esters is 2. The molecule has 4 heterocycles. The van der Waals surface area contributed by atoms with Crippen molar-refractivity contribution in [2.75, 3.05) is 0 Å². The lowest BCUT2D eigenvalue weighted by Crippen LogP contribution is -2.05. The molecule has 0 saturated heterocycles. The maximum absolute atomic E-state index is 11.7. The molecule has 124 valence electrons. The maximum atomic E-state index is 11.7. The first-order valence-electron chi connectivity index (χ1n) is 6.67. The highest BCUT2D eigenvalue weighted by molar-refractivity contribution is 6.00. The van der Waals surface area contributed by atoms with Crippen LogP contribution in [0.15, 0.2) is 48.9 Å². The van der Waals surface area contributed by atoms with Gasteiger partial charge in [0.25, 0.3) is 5.71 Å². The Morgan fingerprint density at radius 1 is 0.920 bits per heavy atom. The van der Waals surface area contributed by atoms with Crippen molar-refractivity contribution in [1.82, 2.24) is 14.8 Å². The van der Waals surface area contributed by atoms with E-state index >= 15 is 0 Å². The number of rotatable bonds is 0. The third-order valence-electron chi connectivity index (χ3n) is 3.03. The molecule has 11 nitrogen and oxygen atoms in total. The smallest absolute Gasteiger partial charge is 0.358 e. The molecule has 0 spiro atoms. The summed E-state index contributed by atoms with van der Waals surface area (Å²) in [5.41, 5.74) is -2.10. The van der Waals surface area contributed by atoms with Crippen molar-refractivity contribution in [3.8, 4) is 11.8 Å². The van der Waals surface area contributed by atoms with E-state index in [-0.39, 0.29) is 28.4 Å². The molecule has 25 heavy (non-hydrogen) atoms. The lowest BCUT2D eigenvalue weighted by atomic mass is 10.3. The Morgan fingerprint density at radius 2 is 1.64 bits per heavy atom. The lowest BCUT2D eigenvalue weighted by molar-refractivity contribution is -0.131. The number of ether oxygens (including phenoxy) is 2. The van der Waals surface area contributed by atoms with E-state index in [2.05, 4.69) is 10.1 Å². The van der Waals surface area contributed by atoms with E-state index in [1.165, 1.54) is 6.07 Å². The second-order valence-electron chi connectivity index (χ2n) is 4.68. The fourth-order valence-corrected chi connectivity index (χ4v) is 2.08. The Balaban J connectivity index is 2.19. The number of nitrogens with zero attached hydrogens (tertiary/aromatic N) is 3. The van der Waals surface area contributed by atoms with Gasteiger partial charge in [-0.3, -0.25) is 0 Å². The molecule has 0 aliphatic carbocycles. The molecule has 4 bridgehead atoms. The highest BCUT2D eigenvalue weighted by Gasteiger charge is 2.22. The number of fused-ring (bicyclic) bond motifs is 8. The topological polar surface area (TPSA) is 143 Å². The van der Waals surface area contributed by atoms with E-state index in [1.54, 1.807) is 0 Å². The van der Waals surface area contributed by atoms with Crippen molar-refractivity contribution in [1.29, 1.82) is 0 Å². The minimum Gasteiger partial charge on any atom is -0.404 e. The molecule has 0 amide bonds. The van der Waals surface area contributed by atoms with Gasteiger partial charge in [0.2, 0.25) is 11.8 Å². The third kappa shape index (κ3) is 2.59. The summed E-state index contributed by atoms with van der Waals surface area (Å²) in [4.78, 5) is 50.5. The molecule has 0 fully saturated rings. The van der Waals surface area contributed by atoms with Crippen LogP contribution in [0.5, 0.6) is 11.8 Å². The second kappa shape index (κ2) is 5.26. The van der Waals surface area contributed by atoms with Crippen LogP contribution in [0, 0.1) is 0 Å². The fourth-order valence-electron chi connectivity index (χ4n) is 2.08. The van der Waals surface area contributed by atoms with Crippen LogP contribution in [0.1, 0.15) is 0 Å². The zero-order valence-electron chi connectivity index (χ0n) is 12.0. The second-order valence-corrected chi connectivity index (χ2v) is 4.68. The average Bonchev–Trinajstić information content (AvgIpc) is 2.92. The Hall–Kier alpha value is -4.02. The number of hydrogen-bond acceptors (Lipinski definition) is 10. The zero-order chi connectivity index (χ0) is 17.6. The summed E-state index contributed by atoms with van der Waals surface area (Å²) in [5, 5.41) is 3.79. The Bertz CT molecular complexity index is 1230. The van der Waals surface area contributed by atoms with Crippen LogP contribution in [0.3, 0.4) is 0 Å². The number of aromatic nitrogens is 3. The molecule has 1 aliphatic heterocycles. The molecule has 1 aliphatic rings. The monoisotopic (exact) mass is 343 g/mol. The van der Waals surface area contributed by atoms with Gasteiger partial charge in [0, 0.05) is 30.4 Å². The quantitative estimate of drug-likeness (QED) is 0.500. The molecular formula is C14H5N3O8. The van der Waals surface area contributed by atoms with Crippen LogP contribution in [0.25, 0.3) is 16.6 Å². The maximum Gasteiger partial charge on any atom is 0.358 e. The summed E-state index contributed by atoms with van der Waals surface area (Å²) in [6, 6.07) is 2.89. The Kier molecular flexibility index (Phi) is 3.07. The lowest BCUT2D eigenvalue weighted by Gasteiger charge is -2.03. The predicted octanol–water partition coefficient (Wildman–Crippen LogP) is -0.268. The van der Waals surface area contributed by atoms with Gasteiger partial charge in [0.05, 0.1) is 0 Å². The predicted molar refractivity (Wildman–Crippen MR) is 76.8 cm³/mol. The standard InChI is InChI=1S/C14H5N3O8/c18-8-1-2-9(19)23-13-12-6(5-7(15-13)22-8)17-16-14(12)24-10(20)3-4-11(21)25-17/h1-5H/b2-1-,4-3?. The largest absolute Gasteiger partial charge is 0.404 e. The fraction of sp³-hybridized carbons (Fsp3) is 0. The normalized spacial score (nSPS) is 15.0. The summed E-state index contributed by atoms with van der Waals surface area (Å²) in [6.45, 7) is 0. The first-order valence-corrected chi connectivity index (χ1v) is 6.67. The van der Waals surface area contributed by atoms with Gasteiger partial charge < -0.3 is 18.4 Å². The van der Waals surface area contributed by atoms with Crippen molar-refractivity contribution in [3.05, 3.63) is 51.2 Å². The highest BCUT2D eigenvalue weighted by atomic mass is 16.6. The Morgan fingerprint density at radius 3 is 2.44 bits per heavy atom. The molecule has 3 aromatic rings. The van der Waals surface area contributed by atoms with Gasteiger partial charge in [-0.1, -0.05) is 9.79 Å². The molecule has 0 unspecified atom stereocenters. The highest BCUT2D eigenvalue weighted by Crippen LogP contribution is 2.31. The van der Waals surface area contributed by atoms with Gasteiger partial charge in [0.1, 0.15) is 10.9 Å². The summed E-state index contributed by atoms with van der Waals surface area (Å²) in [5.74, 6) is -2.37. The minimum atomic E-state index is -0.918. The molecule has 0 saturated carbocycles. The van der Waals surface area contributed by atoms with E-state index in [0.717, 1.165) is 29.0 Å². The van der Waals surface area contributed by atoms with Gasteiger partial charge in [-0.15, -0.1) is 0 Å². The van der Waals surface area contributed by atoms with Gasteiger partial charge in [0.15, 0.2) is 0 Å². The van der Waals surface area contributed by atoms with Gasteiger partial charge in [-0.25, -0.2) is 19.2 Å². The molecule has 0 N–H and O–H groups in total. The number of carbonyl (C=O) groups excluding carboxylic acids is 2. The minimum absolute atomic E-state index is 0.0222. The van der Waals surface area contributed by atoms with Crippen LogP contribution in [0.2, 0.25) is 0 Å². The molecule has 0 radical (unpaired) electrons. The molecule has 3 aromatic heterocycles. The van der Waals surface area contributed by atoms with Crippen molar-refractivity contribution >= 4 is 28.6 Å². The first kappa shape index (κ1) is 14.6. The van der Waals surface area contributed by atoms with Gasteiger partial charge in [-0.2, -0.15) is 4.98 Å². The molecular weight excluding hydrogens is 338 g/mol. The van der Waals surface area contributed by atoms with E-state index in [9.17, 15) is 19.2 Å². The van der Waals surface area contributed by atoms with E-state index in [0.29, 0.717) is 0 Å². The van der Waals surface area contributed by atoms with Crippen LogP contribution in [-0.2, 0) is 9.59 Å². The van der Waals surface area contributed by atoms with Gasteiger partial charge >= 0.3 is 23.2 Å². The summed E-state index contributed by atoms with van der Waals surface area (Å²) in [7, 11) is 0. The molecule has 0 aromatic carbocycles.